The third-order valence-corrected chi connectivity index (χ3v) is 7.77. The fourth-order valence-corrected chi connectivity index (χ4v) is 5.43. The SMILES string of the molecule is CCCC[BH2-]c1ccccc1.O=C(C[N+]12CCN(CC1)CC2)c1ccc(-c2ccccc2)cc1. The van der Waals surface area contributed by atoms with Gasteiger partial charge in [0.05, 0.1) is 19.6 Å². The molecule has 0 N–H and O–H groups in total. The predicted molar refractivity (Wildman–Crippen MR) is 147 cm³/mol. The van der Waals surface area contributed by atoms with Crippen LogP contribution >= 0.6 is 0 Å². The normalized spacial score (nSPS) is 20.9. The van der Waals surface area contributed by atoms with Crippen LogP contribution in [0.3, 0.4) is 0 Å². The highest BCUT2D eigenvalue weighted by Crippen LogP contribution is 2.22. The number of carbonyl (C=O) groups excluding carboxylic acids is 1. The summed E-state index contributed by atoms with van der Waals surface area (Å²) >= 11 is 0. The predicted octanol–water partition coefficient (Wildman–Crippen LogP) is 4.38. The molecule has 2 bridgehead atoms. The van der Waals surface area contributed by atoms with Crippen molar-refractivity contribution in [3.05, 3.63) is 90.5 Å². The van der Waals surface area contributed by atoms with Crippen molar-refractivity contribution in [2.24, 2.45) is 0 Å². The average Bonchev–Trinajstić information content (AvgIpc) is 2.91. The lowest BCUT2D eigenvalue weighted by Crippen LogP contribution is -2.68. The summed E-state index contributed by atoms with van der Waals surface area (Å²) in [5.74, 6) is 0.292. The van der Waals surface area contributed by atoms with E-state index in [4.69, 9.17) is 0 Å². The minimum atomic E-state index is 0.194. The van der Waals surface area contributed by atoms with Crippen LogP contribution < -0.4 is 5.46 Å². The minimum absolute atomic E-state index is 0.194. The third-order valence-electron chi connectivity index (χ3n) is 7.77. The number of fused-ring (bicyclic) bond motifs is 3. The first-order valence-corrected chi connectivity index (χ1v) is 13.3. The molecule has 3 saturated heterocycles. The second-order valence-corrected chi connectivity index (χ2v) is 10.2. The first-order chi connectivity index (χ1) is 16.7. The molecule has 0 radical (unpaired) electrons. The van der Waals surface area contributed by atoms with Crippen molar-refractivity contribution in [1.29, 1.82) is 0 Å². The highest BCUT2D eigenvalue weighted by atomic mass is 16.1. The van der Waals surface area contributed by atoms with Gasteiger partial charge < -0.3 is 4.48 Å². The van der Waals surface area contributed by atoms with Crippen molar-refractivity contribution in [1.82, 2.24) is 4.90 Å². The standard InChI is InChI=1S/C20H23N2O.C10H16B/c23-20(16-22-13-10-21(11-14-22)12-15-22)19-8-6-18(7-9-19)17-4-2-1-3-5-17;1-2-3-9-11-10-7-5-4-6-8-10/h1-9H,10-16H2;4-8H,2-3,9,11H2,1H3/q+1;-1. The summed E-state index contributed by atoms with van der Waals surface area (Å²) in [5, 5.41) is 0. The summed E-state index contributed by atoms with van der Waals surface area (Å²) in [6.07, 6.45) is 4.21. The zero-order valence-corrected chi connectivity index (χ0v) is 21.0. The molecule has 0 aromatic heterocycles. The molecule has 0 unspecified atom stereocenters. The molecular formula is C30H39BN2O. The highest BCUT2D eigenvalue weighted by Gasteiger charge is 2.39. The number of hydrogen-bond donors (Lipinski definition) is 0. The maximum atomic E-state index is 12.7. The fourth-order valence-electron chi connectivity index (χ4n) is 5.43. The van der Waals surface area contributed by atoms with E-state index in [2.05, 4.69) is 66.4 Å². The third kappa shape index (κ3) is 6.68. The molecule has 0 saturated carbocycles. The van der Waals surface area contributed by atoms with E-state index in [1.165, 1.54) is 30.3 Å². The monoisotopic (exact) mass is 454 g/mol. The Kier molecular flexibility index (Phi) is 8.73. The van der Waals surface area contributed by atoms with E-state index in [0.29, 0.717) is 12.3 Å². The second kappa shape index (κ2) is 12.1. The van der Waals surface area contributed by atoms with Gasteiger partial charge in [-0.2, -0.15) is 6.32 Å². The Bertz CT molecular complexity index is 999. The molecule has 3 aliphatic rings. The van der Waals surface area contributed by atoms with Gasteiger partial charge in [-0.25, -0.2) is 5.46 Å². The number of Topliss-reactive ketones (excluding diaryl/α,β-unsaturated/α-hetero) is 1. The molecule has 3 aromatic carbocycles. The summed E-state index contributed by atoms with van der Waals surface area (Å²) in [4.78, 5) is 15.2. The smallest absolute Gasteiger partial charge is 0.216 e. The van der Waals surface area contributed by atoms with Gasteiger partial charge in [-0.3, -0.25) is 9.69 Å². The Morgan fingerprint density at radius 3 is 1.94 bits per heavy atom. The number of carbonyl (C=O) groups is 1. The minimum Gasteiger partial charge on any atom is -0.314 e. The molecule has 0 atom stereocenters. The van der Waals surface area contributed by atoms with Crippen LogP contribution in [0.15, 0.2) is 84.9 Å². The second-order valence-electron chi connectivity index (χ2n) is 10.2. The van der Waals surface area contributed by atoms with Crippen LogP contribution in [0.5, 0.6) is 0 Å². The molecule has 6 rings (SSSR count). The summed E-state index contributed by atoms with van der Waals surface area (Å²) in [6.45, 7) is 9.78. The Balaban J connectivity index is 0.000000210. The number of hydrogen-bond acceptors (Lipinski definition) is 2. The van der Waals surface area contributed by atoms with Gasteiger partial charge >= 0.3 is 0 Å². The molecule has 0 aliphatic carbocycles. The molecule has 3 heterocycles. The Hall–Kier alpha value is -2.69. The fraction of sp³-hybridized carbons (Fsp3) is 0.367. The van der Waals surface area contributed by atoms with Crippen LogP contribution in [0.1, 0.15) is 30.1 Å². The van der Waals surface area contributed by atoms with Crippen LogP contribution in [0.4, 0.5) is 0 Å². The van der Waals surface area contributed by atoms with Gasteiger partial charge in [0, 0.05) is 25.2 Å². The van der Waals surface area contributed by atoms with Crippen molar-refractivity contribution >= 4 is 18.5 Å². The van der Waals surface area contributed by atoms with Crippen molar-refractivity contribution in [2.75, 3.05) is 45.8 Å². The van der Waals surface area contributed by atoms with E-state index in [-0.39, 0.29) is 7.28 Å². The Morgan fingerprint density at radius 1 is 0.794 bits per heavy atom. The first kappa shape index (κ1) is 24.4. The lowest BCUT2D eigenvalue weighted by atomic mass is 9.66. The molecular weight excluding hydrogens is 415 g/mol. The van der Waals surface area contributed by atoms with Crippen LogP contribution in [0.2, 0.25) is 6.32 Å². The number of quaternary nitrogens is 1. The van der Waals surface area contributed by atoms with Crippen LogP contribution in [-0.2, 0) is 0 Å². The largest absolute Gasteiger partial charge is 0.314 e. The first-order valence-electron chi connectivity index (χ1n) is 13.3. The van der Waals surface area contributed by atoms with Crippen molar-refractivity contribution < 1.29 is 9.28 Å². The summed E-state index contributed by atoms with van der Waals surface area (Å²) in [5.41, 5.74) is 4.81. The van der Waals surface area contributed by atoms with Gasteiger partial charge in [0.15, 0.2) is 0 Å². The molecule has 3 fully saturated rings. The average molecular weight is 454 g/mol. The van der Waals surface area contributed by atoms with E-state index in [1.54, 1.807) is 5.46 Å². The number of piperazine rings is 3. The number of nitrogens with zero attached hydrogens (tertiary/aromatic N) is 2. The topological polar surface area (TPSA) is 20.3 Å². The molecule has 0 amide bonds. The molecule has 3 nitrogen and oxygen atoms in total. The molecule has 0 spiro atoms. The molecule has 34 heavy (non-hydrogen) atoms. The van der Waals surface area contributed by atoms with Gasteiger partial charge in [-0.05, 0) is 18.4 Å². The molecule has 178 valence electrons. The lowest BCUT2D eigenvalue weighted by Gasteiger charge is -2.50. The molecule has 3 aliphatic heterocycles. The Labute approximate surface area is 206 Å². The van der Waals surface area contributed by atoms with Crippen molar-refractivity contribution in [3.8, 4) is 11.1 Å². The van der Waals surface area contributed by atoms with Crippen LogP contribution in [0, 0.1) is 0 Å². The van der Waals surface area contributed by atoms with Gasteiger partial charge in [0.1, 0.15) is 6.54 Å². The van der Waals surface area contributed by atoms with E-state index in [0.717, 1.165) is 49.3 Å². The summed E-state index contributed by atoms with van der Waals surface area (Å²) in [7, 11) is 0.194. The number of ketones is 1. The maximum absolute atomic E-state index is 12.7. The summed E-state index contributed by atoms with van der Waals surface area (Å²) in [6, 6.07) is 29.3. The van der Waals surface area contributed by atoms with E-state index in [9.17, 15) is 4.79 Å². The van der Waals surface area contributed by atoms with E-state index in [1.807, 2.05) is 30.3 Å². The van der Waals surface area contributed by atoms with Crippen molar-refractivity contribution in [3.63, 3.8) is 0 Å². The van der Waals surface area contributed by atoms with Crippen LogP contribution in [0.25, 0.3) is 11.1 Å². The van der Waals surface area contributed by atoms with E-state index >= 15 is 0 Å². The number of rotatable bonds is 8. The zero-order valence-electron chi connectivity index (χ0n) is 21.0. The highest BCUT2D eigenvalue weighted by molar-refractivity contribution is 6.53. The lowest BCUT2D eigenvalue weighted by molar-refractivity contribution is -0.933. The Morgan fingerprint density at radius 2 is 1.35 bits per heavy atom. The van der Waals surface area contributed by atoms with Crippen molar-refractivity contribution in [2.45, 2.75) is 26.1 Å². The maximum Gasteiger partial charge on any atom is 0.216 e. The van der Waals surface area contributed by atoms with Crippen LogP contribution in [-0.4, -0.2) is 68.3 Å². The quantitative estimate of drug-likeness (QED) is 0.218. The molecule has 3 aromatic rings. The zero-order chi connectivity index (χ0) is 23.6. The summed E-state index contributed by atoms with van der Waals surface area (Å²) < 4.78 is 0.996. The number of benzene rings is 3. The van der Waals surface area contributed by atoms with Gasteiger partial charge in [0.25, 0.3) is 0 Å². The van der Waals surface area contributed by atoms with Gasteiger partial charge in [-0.15, -0.1) is 0 Å². The molecule has 4 heteroatoms. The van der Waals surface area contributed by atoms with E-state index < -0.39 is 0 Å². The van der Waals surface area contributed by atoms with Gasteiger partial charge in [-0.1, -0.05) is 105 Å². The van der Waals surface area contributed by atoms with Gasteiger partial charge in [0.2, 0.25) is 5.78 Å². The number of unbranched alkanes of at least 4 members (excludes halogenated alkanes) is 1.